The summed E-state index contributed by atoms with van der Waals surface area (Å²) in [7, 11) is 3.98. The van der Waals surface area contributed by atoms with Gasteiger partial charge in [-0.3, -0.25) is 9.67 Å². The largest absolute Gasteiger partial charge is 0.356 e. The summed E-state index contributed by atoms with van der Waals surface area (Å²) in [6.07, 6.45) is 2.87. The van der Waals surface area contributed by atoms with Crippen molar-refractivity contribution in [2.75, 3.05) is 51.7 Å². The van der Waals surface area contributed by atoms with Gasteiger partial charge in [-0.1, -0.05) is 6.07 Å². The minimum atomic E-state index is 0.701. The van der Waals surface area contributed by atoms with Crippen LogP contribution in [-0.2, 0) is 13.1 Å². The summed E-state index contributed by atoms with van der Waals surface area (Å²) in [5.41, 5.74) is 3.47. The predicted molar refractivity (Wildman–Crippen MR) is 118 cm³/mol. The fourth-order valence-corrected chi connectivity index (χ4v) is 3.61. The highest BCUT2D eigenvalue weighted by Gasteiger charge is 2.17. The summed E-state index contributed by atoms with van der Waals surface area (Å²) in [5, 5.41) is 11.3. The second-order valence-corrected chi connectivity index (χ2v) is 7.63. The maximum atomic E-state index is 4.65. The SMILES string of the molecule is CN=C(NCCCn1nc(C)cc1C)NCc1cccnc1N1CCN(C)CC1. The highest BCUT2D eigenvalue weighted by atomic mass is 15.3. The van der Waals surface area contributed by atoms with E-state index in [2.05, 4.69) is 66.3 Å². The second-order valence-electron chi connectivity index (χ2n) is 7.63. The molecule has 2 aromatic rings. The quantitative estimate of drug-likeness (QED) is 0.417. The third kappa shape index (κ3) is 5.93. The van der Waals surface area contributed by atoms with Crippen LogP contribution < -0.4 is 15.5 Å². The molecule has 1 aliphatic rings. The minimum Gasteiger partial charge on any atom is -0.356 e. The van der Waals surface area contributed by atoms with Gasteiger partial charge in [0.25, 0.3) is 0 Å². The number of nitrogens with one attached hydrogen (secondary N) is 2. The zero-order valence-electron chi connectivity index (χ0n) is 18.1. The highest BCUT2D eigenvalue weighted by Crippen LogP contribution is 2.18. The second kappa shape index (κ2) is 10.2. The Morgan fingerprint density at radius 3 is 2.66 bits per heavy atom. The Hall–Kier alpha value is -2.61. The van der Waals surface area contributed by atoms with E-state index in [0.717, 1.165) is 63.2 Å². The molecule has 1 fully saturated rings. The van der Waals surface area contributed by atoms with E-state index in [9.17, 15) is 0 Å². The van der Waals surface area contributed by atoms with Crippen molar-refractivity contribution in [3.05, 3.63) is 41.3 Å². The molecule has 0 atom stereocenters. The lowest BCUT2D eigenvalue weighted by Gasteiger charge is -2.34. The van der Waals surface area contributed by atoms with Crippen molar-refractivity contribution in [2.24, 2.45) is 4.99 Å². The predicted octanol–water partition coefficient (Wildman–Crippen LogP) is 1.40. The summed E-state index contributed by atoms with van der Waals surface area (Å²) in [6, 6.07) is 6.25. The van der Waals surface area contributed by atoms with Crippen LogP contribution in [0.1, 0.15) is 23.4 Å². The molecular weight excluding hydrogens is 364 g/mol. The lowest BCUT2D eigenvalue weighted by Crippen LogP contribution is -2.45. The number of aliphatic imine (C=N–C) groups is 1. The molecule has 3 heterocycles. The first-order chi connectivity index (χ1) is 14.1. The van der Waals surface area contributed by atoms with Gasteiger partial charge in [0.15, 0.2) is 5.96 Å². The average Bonchev–Trinajstić information content (AvgIpc) is 3.05. The van der Waals surface area contributed by atoms with Gasteiger partial charge in [0.1, 0.15) is 5.82 Å². The van der Waals surface area contributed by atoms with Crippen molar-refractivity contribution < 1.29 is 0 Å². The molecule has 1 aliphatic heterocycles. The Kier molecular flexibility index (Phi) is 7.46. The van der Waals surface area contributed by atoms with Crippen LogP contribution in [0.4, 0.5) is 5.82 Å². The number of pyridine rings is 1. The zero-order chi connectivity index (χ0) is 20.6. The van der Waals surface area contributed by atoms with E-state index in [1.807, 2.05) is 19.2 Å². The van der Waals surface area contributed by atoms with E-state index in [0.29, 0.717) is 6.54 Å². The van der Waals surface area contributed by atoms with Crippen LogP contribution in [-0.4, -0.2) is 72.4 Å². The molecule has 2 aromatic heterocycles. The molecule has 0 radical (unpaired) electrons. The Morgan fingerprint density at radius 2 is 1.97 bits per heavy atom. The first-order valence-electron chi connectivity index (χ1n) is 10.4. The minimum absolute atomic E-state index is 0.701. The van der Waals surface area contributed by atoms with E-state index in [4.69, 9.17) is 0 Å². The Balaban J connectivity index is 1.47. The topological polar surface area (TPSA) is 73.6 Å². The van der Waals surface area contributed by atoms with E-state index >= 15 is 0 Å². The number of anilines is 1. The van der Waals surface area contributed by atoms with Crippen LogP contribution in [0.5, 0.6) is 0 Å². The molecule has 8 heteroatoms. The Morgan fingerprint density at radius 1 is 1.17 bits per heavy atom. The van der Waals surface area contributed by atoms with Crippen molar-refractivity contribution in [3.63, 3.8) is 0 Å². The third-order valence-electron chi connectivity index (χ3n) is 5.28. The molecule has 0 amide bonds. The number of aromatic nitrogens is 3. The first kappa shape index (κ1) is 21.1. The van der Waals surface area contributed by atoms with Crippen molar-refractivity contribution in [3.8, 4) is 0 Å². The number of hydrogen-bond donors (Lipinski definition) is 2. The molecule has 0 bridgehead atoms. The molecule has 0 aromatic carbocycles. The summed E-state index contributed by atoms with van der Waals surface area (Å²) < 4.78 is 2.06. The van der Waals surface area contributed by atoms with Gasteiger partial charge in [0.2, 0.25) is 0 Å². The van der Waals surface area contributed by atoms with E-state index in [1.54, 1.807) is 7.05 Å². The summed E-state index contributed by atoms with van der Waals surface area (Å²) in [6.45, 7) is 10.7. The maximum Gasteiger partial charge on any atom is 0.191 e. The molecule has 8 nitrogen and oxygen atoms in total. The molecule has 1 saturated heterocycles. The van der Waals surface area contributed by atoms with Crippen LogP contribution in [0.3, 0.4) is 0 Å². The number of aryl methyl sites for hydroxylation is 3. The van der Waals surface area contributed by atoms with Gasteiger partial charge in [-0.25, -0.2) is 4.98 Å². The summed E-state index contributed by atoms with van der Waals surface area (Å²) in [4.78, 5) is 13.7. The van der Waals surface area contributed by atoms with Gasteiger partial charge >= 0.3 is 0 Å². The number of guanidine groups is 1. The normalized spacial score (nSPS) is 15.6. The molecule has 0 unspecified atom stereocenters. The number of piperazine rings is 1. The Labute approximate surface area is 174 Å². The van der Waals surface area contributed by atoms with Crippen molar-refractivity contribution in [1.82, 2.24) is 30.3 Å². The fraction of sp³-hybridized carbons (Fsp3) is 0.571. The average molecular weight is 399 g/mol. The summed E-state index contributed by atoms with van der Waals surface area (Å²) in [5.74, 6) is 1.89. The fourth-order valence-electron chi connectivity index (χ4n) is 3.61. The monoisotopic (exact) mass is 398 g/mol. The van der Waals surface area contributed by atoms with Gasteiger partial charge in [-0.15, -0.1) is 0 Å². The van der Waals surface area contributed by atoms with Gasteiger partial charge in [0, 0.05) is 70.3 Å². The van der Waals surface area contributed by atoms with Gasteiger partial charge < -0.3 is 20.4 Å². The molecule has 158 valence electrons. The number of hydrogen-bond acceptors (Lipinski definition) is 5. The van der Waals surface area contributed by atoms with Crippen LogP contribution in [0.25, 0.3) is 0 Å². The third-order valence-corrected chi connectivity index (χ3v) is 5.28. The van der Waals surface area contributed by atoms with E-state index in [1.165, 1.54) is 11.3 Å². The van der Waals surface area contributed by atoms with Crippen molar-refractivity contribution in [2.45, 2.75) is 33.4 Å². The molecule has 3 rings (SSSR count). The van der Waals surface area contributed by atoms with Gasteiger partial charge in [0.05, 0.1) is 5.69 Å². The van der Waals surface area contributed by atoms with Crippen LogP contribution in [0.15, 0.2) is 29.4 Å². The molecule has 2 N–H and O–H groups in total. The van der Waals surface area contributed by atoms with Crippen molar-refractivity contribution in [1.29, 1.82) is 0 Å². The van der Waals surface area contributed by atoms with Crippen LogP contribution in [0.2, 0.25) is 0 Å². The van der Waals surface area contributed by atoms with Crippen LogP contribution in [0, 0.1) is 13.8 Å². The van der Waals surface area contributed by atoms with E-state index < -0.39 is 0 Å². The Bertz CT molecular complexity index is 805. The van der Waals surface area contributed by atoms with Gasteiger partial charge in [-0.05, 0) is 39.4 Å². The number of nitrogens with zero attached hydrogens (tertiary/aromatic N) is 6. The molecule has 0 saturated carbocycles. The van der Waals surface area contributed by atoms with E-state index in [-0.39, 0.29) is 0 Å². The highest BCUT2D eigenvalue weighted by molar-refractivity contribution is 5.79. The maximum absolute atomic E-state index is 4.65. The smallest absolute Gasteiger partial charge is 0.191 e. The number of likely N-dealkylation sites (N-methyl/N-ethyl adjacent to an activating group) is 1. The zero-order valence-corrected chi connectivity index (χ0v) is 18.1. The molecular formula is C21H34N8. The summed E-state index contributed by atoms with van der Waals surface area (Å²) >= 11 is 0. The van der Waals surface area contributed by atoms with Gasteiger partial charge in [-0.2, -0.15) is 5.10 Å². The molecule has 29 heavy (non-hydrogen) atoms. The molecule has 0 spiro atoms. The molecule has 0 aliphatic carbocycles. The lowest BCUT2D eigenvalue weighted by molar-refractivity contribution is 0.312. The number of rotatable bonds is 7. The lowest BCUT2D eigenvalue weighted by atomic mass is 10.2. The van der Waals surface area contributed by atoms with Crippen LogP contribution >= 0.6 is 0 Å². The first-order valence-corrected chi connectivity index (χ1v) is 10.4. The standard InChI is InChI=1S/C21H34N8/c1-17-15-18(2)29(26-17)10-6-9-24-21(22-3)25-16-19-7-5-8-23-20(19)28-13-11-27(4)12-14-28/h5,7-8,15H,6,9-14,16H2,1-4H3,(H2,22,24,25). The van der Waals surface area contributed by atoms with Crippen molar-refractivity contribution >= 4 is 11.8 Å².